The van der Waals surface area contributed by atoms with E-state index in [2.05, 4.69) is 33.3 Å². The molecule has 0 aliphatic rings. The number of rotatable bonds is 6. The maximum atomic E-state index is 11.3. The van der Waals surface area contributed by atoms with Crippen LogP contribution < -0.4 is 0 Å². The van der Waals surface area contributed by atoms with Crippen LogP contribution >= 0.6 is 7.82 Å². The molecule has 0 radical (unpaired) electrons. The lowest BCUT2D eigenvalue weighted by molar-refractivity contribution is 0.0789. The summed E-state index contributed by atoms with van der Waals surface area (Å²) in [6.45, 7) is 8.50. The zero-order chi connectivity index (χ0) is 11.4. The molecule has 0 spiro atoms. The average molecular weight is 224 g/mol. The summed E-state index contributed by atoms with van der Waals surface area (Å²) in [6.07, 6.45) is 0. The molecule has 0 aliphatic carbocycles. The molecule has 0 rings (SSSR count). The third-order valence-corrected chi connectivity index (χ3v) is 1.95. The molecular formula is C6H9O7P. The van der Waals surface area contributed by atoms with Gasteiger partial charge in [-0.25, -0.2) is 0 Å². The summed E-state index contributed by atoms with van der Waals surface area (Å²) >= 11 is 0. The molecular weight excluding hydrogens is 215 g/mol. The van der Waals surface area contributed by atoms with Crippen molar-refractivity contribution in [1.29, 1.82) is 0 Å². The van der Waals surface area contributed by atoms with Gasteiger partial charge in [-0.1, -0.05) is 0 Å². The molecule has 0 bridgehead atoms. The van der Waals surface area contributed by atoms with E-state index in [0.29, 0.717) is 0 Å². The van der Waals surface area contributed by atoms with Gasteiger partial charge in [-0.05, 0) is 19.7 Å². The molecule has 0 fully saturated rings. The van der Waals surface area contributed by atoms with Crippen molar-refractivity contribution in [3.05, 3.63) is 37.6 Å². The molecule has 0 atom stereocenters. The number of aliphatic hydroxyl groups is 3. The highest BCUT2D eigenvalue weighted by Gasteiger charge is 2.34. The van der Waals surface area contributed by atoms with E-state index in [0.717, 1.165) is 0 Å². The van der Waals surface area contributed by atoms with E-state index >= 15 is 0 Å². The van der Waals surface area contributed by atoms with Gasteiger partial charge in [-0.3, -0.25) is 0 Å². The molecule has 7 nitrogen and oxygen atoms in total. The minimum atomic E-state index is -4.44. The quantitative estimate of drug-likeness (QED) is 0.469. The van der Waals surface area contributed by atoms with Crippen LogP contribution in [0.15, 0.2) is 37.6 Å². The van der Waals surface area contributed by atoms with Crippen LogP contribution in [0.4, 0.5) is 0 Å². The first-order valence-corrected chi connectivity index (χ1v) is 4.53. The summed E-state index contributed by atoms with van der Waals surface area (Å²) < 4.78 is 23.6. The zero-order valence-electron chi connectivity index (χ0n) is 7.04. The Morgan fingerprint density at radius 3 is 1.21 bits per heavy atom. The molecule has 0 aromatic carbocycles. The van der Waals surface area contributed by atoms with Crippen molar-refractivity contribution in [1.82, 2.24) is 0 Å². The summed E-state index contributed by atoms with van der Waals surface area (Å²) in [5.41, 5.74) is 0. The number of phosphoric acid groups is 1. The van der Waals surface area contributed by atoms with Crippen molar-refractivity contribution in [3.63, 3.8) is 0 Å². The standard InChI is InChI=1S/C6H9O7P/c1-4(7)11-14(10,12-5(2)8)13-6(3)9/h7-9H,1-3H2. The molecule has 80 valence electrons. The maximum Gasteiger partial charge on any atom is 0.654 e. The molecule has 0 saturated heterocycles. The van der Waals surface area contributed by atoms with Crippen molar-refractivity contribution in [3.8, 4) is 0 Å². The number of hydrogen-bond acceptors (Lipinski definition) is 7. The Morgan fingerprint density at radius 2 is 1.07 bits per heavy atom. The fraction of sp³-hybridized carbons (Fsp3) is 0. The van der Waals surface area contributed by atoms with E-state index in [1.165, 1.54) is 0 Å². The molecule has 0 aromatic rings. The molecule has 0 aliphatic heterocycles. The smallest absolute Gasteiger partial charge is 0.481 e. The van der Waals surface area contributed by atoms with Gasteiger partial charge in [-0.15, -0.1) is 0 Å². The van der Waals surface area contributed by atoms with Gasteiger partial charge in [0, 0.05) is 0 Å². The van der Waals surface area contributed by atoms with Crippen LogP contribution in [0.25, 0.3) is 0 Å². The monoisotopic (exact) mass is 224 g/mol. The van der Waals surface area contributed by atoms with Crippen LogP contribution in [-0.2, 0) is 18.1 Å². The molecule has 0 unspecified atom stereocenters. The Hall–Kier alpha value is -1.75. The van der Waals surface area contributed by atoms with Gasteiger partial charge in [0.05, 0.1) is 0 Å². The Labute approximate surface area is 79.8 Å². The summed E-state index contributed by atoms with van der Waals surface area (Å²) in [5.74, 6) is -2.97. The highest BCUT2D eigenvalue weighted by atomic mass is 31.2. The van der Waals surface area contributed by atoms with E-state index in [-0.39, 0.29) is 0 Å². The van der Waals surface area contributed by atoms with Crippen molar-refractivity contribution >= 4 is 7.82 Å². The van der Waals surface area contributed by atoms with E-state index < -0.39 is 25.7 Å². The van der Waals surface area contributed by atoms with Crippen LogP contribution in [0.5, 0.6) is 0 Å². The van der Waals surface area contributed by atoms with Crippen molar-refractivity contribution in [2.75, 3.05) is 0 Å². The van der Waals surface area contributed by atoms with Gasteiger partial charge >= 0.3 is 7.82 Å². The fourth-order valence-electron chi connectivity index (χ4n) is 0.443. The largest absolute Gasteiger partial charge is 0.654 e. The van der Waals surface area contributed by atoms with E-state index in [1.54, 1.807) is 0 Å². The van der Waals surface area contributed by atoms with Crippen LogP contribution in [0.2, 0.25) is 0 Å². The second-order valence-corrected chi connectivity index (χ2v) is 3.34. The Morgan fingerprint density at radius 1 is 0.857 bits per heavy atom. The maximum absolute atomic E-state index is 11.3. The normalized spacial score (nSPS) is 10.0. The molecule has 0 aromatic heterocycles. The molecule has 8 heteroatoms. The van der Waals surface area contributed by atoms with Gasteiger partial charge in [0.15, 0.2) is 0 Å². The first-order valence-electron chi connectivity index (χ1n) is 3.07. The second kappa shape index (κ2) is 4.48. The highest BCUT2D eigenvalue weighted by Crippen LogP contribution is 2.53. The highest BCUT2D eigenvalue weighted by molar-refractivity contribution is 7.48. The summed E-state index contributed by atoms with van der Waals surface area (Å²) in [4.78, 5) is 0. The fourth-order valence-corrected chi connectivity index (χ4v) is 1.33. The molecule has 14 heavy (non-hydrogen) atoms. The van der Waals surface area contributed by atoms with Gasteiger partial charge < -0.3 is 28.9 Å². The molecule has 0 amide bonds. The van der Waals surface area contributed by atoms with E-state index in [4.69, 9.17) is 15.3 Å². The van der Waals surface area contributed by atoms with Crippen LogP contribution in [0.1, 0.15) is 0 Å². The first-order chi connectivity index (χ1) is 6.25. The summed E-state index contributed by atoms with van der Waals surface area (Å²) in [5, 5.41) is 25.6. The Balaban J connectivity index is 4.66. The summed E-state index contributed by atoms with van der Waals surface area (Å²) in [6, 6.07) is 0. The second-order valence-electron chi connectivity index (χ2n) is 1.90. The zero-order valence-corrected chi connectivity index (χ0v) is 7.94. The number of hydrogen-bond donors (Lipinski definition) is 3. The minimum absolute atomic E-state index is 0.990. The van der Waals surface area contributed by atoms with E-state index in [1.807, 2.05) is 0 Å². The molecule has 0 saturated carbocycles. The molecule has 0 heterocycles. The van der Waals surface area contributed by atoms with Gasteiger partial charge in [0.25, 0.3) is 17.8 Å². The average Bonchev–Trinajstić information content (AvgIpc) is 1.76. The lowest BCUT2D eigenvalue weighted by Gasteiger charge is -2.15. The molecule has 3 N–H and O–H groups in total. The van der Waals surface area contributed by atoms with Gasteiger partial charge in [0.2, 0.25) is 0 Å². The lowest BCUT2D eigenvalue weighted by Crippen LogP contribution is -1.99. The third-order valence-electron chi connectivity index (χ3n) is 0.652. The third kappa shape index (κ3) is 5.00. The number of aliphatic hydroxyl groups excluding tert-OH is 3. The topological polar surface area (TPSA) is 105 Å². The predicted molar refractivity (Wildman–Crippen MR) is 46.2 cm³/mol. The van der Waals surface area contributed by atoms with E-state index in [9.17, 15) is 4.57 Å². The SMILES string of the molecule is C=C(O)OP(=O)(OC(=C)O)OC(=C)O. The first kappa shape index (κ1) is 12.2. The Kier molecular flexibility index (Phi) is 3.92. The Bertz CT molecular complexity index is 260. The van der Waals surface area contributed by atoms with Crippen molar-refractivity contribution < 1.29 is 33.5 Å². The van der Waals surface area contributed by atoms with Gasteiger partial charge in [0.1, 0.15) is 0 Å². The predicted octanol–water partition coefficient (Wildman–Crippen LogP) is 2.23. The van der Waals surface area contributed by atoms with Crippen molar-refractivity contribution in [2.45, 2.75) is 0 Å². The van der Waals surface area contributed by atoms with Crippen molar-refractivity contribution in [2.24, 2.45) is 0 Å². The van der Waals surface area contributed by atoms with Gasteiger partial charge in [-0.2, -0.15) is 4.57 Å². The van der Waals surface area contributed by atoms with Crippen LogP contribution in [0, 0.1) is 0 Å². The lowest BCUT2D eigenvalue weighted by atomic mass is 11.1. The van der Waals surface area contributed by atoms with Crippen LogP contribution in [0.3, 0.4) is 0 Å². The van der Waals surface area contributed by atoms with Crippen LogP contribution in [-0.4, -0.2) is 15.3 Å². The minimum Gasteiger partial charge on any atom is -0.481 e. The summed E-state index contributed by atoms with van der Waals surface area (Å²) in [7, 11) is -4.44. The number of phosphoric ester groups is 1.